The number of nitrogens with one attached hydrogen (secondary N) is 2. The second-order valence-electron chi connectivity index (χ2n) is 3.86. The maximum atomic E-state index is 4.38. The van der Waals surface area contributed by atoms with Gasteiger partial charge in [0.05, 0.1) is 0 Å². The molecule has 0 amide bonds. The molecule has 4 nitrogen and oxygen atoms in total. The minimum absolute atomic E-state index is 0.817. The number of aliphatic imine (C=N–C) groups is 1. The topological polar surface area (TPSA) is 49.3 Å². The molecule has 86 valence electrons. The predicted octanol–water partition coefficient (Wildman–Crippen LogP) is 1.08. The van der Waals surface area contributed by atoms with Gasteiger partial charge in [0, 0.05) is 32.0 Å². The van der Waals surface area contributed by atoms with Crippen molar-refractivity contribution in [2.75, 3.05) is 13.1 Å². The highest BCUT2D eigenvalue weighted by Crippen LogP contribution is 2.07. The third-order valence-corrected chi connectivity index (χ3v) is 2.73. The zero-order valence-corrected chi connectivity index (χ0v) is 9.66. The molecule has 2 N–H and O–H groups in total. The van der Waals surface area contributed by atoms with E-state index < -0.39 is 0 Å². The predicted molar refractivity (Wildman–Crippen MR) is 65.4 cm³/mol. The second kappa shape index (κ2) is 5.49. The maximum Gasteiger partial charge on any atom is 0.191 e. The van der Waals surface area contributed by atoms with Crippen molar-refractivity contribution in [2.24, 2.45) is 4.99 Å². The number of pyridine rings is 1. The molecule has 0 unspecified atom stereocenters. The van der Waals surface area contributed by atoms with E-state index in [4.69, 9.17) is 0 Å². The first-order valence-corrected chi connectivity index (χ1v) is 5.84. The summed E-state index contributed by atoms with van der Waals surface area (Å²) in [7, 11) is 0. The van der Waals surface area contributed by atoms with Gasteiger partial charge >= 0.3 is 0 Å². The molecule has 0 radical (unpaired) electrons. The Hall–Kier alpha value is -1.58. The van der Waals surface area contributed by atoms with Crippen LogP contribution in [0.4, 0.5) is 0 Å². The van der Waals surface area contributed by atoms with E-state index in [0.717, 1.165) is 38.4 Å². The molecule has 0 aliphatic carbocycles. The highest BCUT2D eigenvalue weighted by molar-refractivity contribution is 5.80. The van der Waals surface area contributed by atoms with Crippen molar-refractivity contribution in [1.29, 1.82) is 0 Å². The van der Waals surface area contributed by atoms with Gasteiger partial charge in [-0.2, -0.15) is 0 Å². The largest absolute Gasteiger partial charge is 0.356 e. The summed E-state index contributed by atoms with van der Waals surface area (Å²) in [5, 5.41) is 6.57. The number of hydrogen-bond acceptors (Lipinski definition) is 4. The highest BCUT2D eigenvalue weighted by atomic mass is 15.2. The molecule has 1 aromatic heterocycles. The average molecular weight is 218 g/mol. The summed E-state index contributed by atoms with van der Waals surface area (Å²) in [4.78, 5) is 8.52. The molecular weight excluding hydrogens is 200 g/mol. The van der Waals surface area contributed by atoms with Crippen LogP contribution < -0.4 is 10.6 Å². The van der Waals surface area contributed by atoms with E-state index in [1.54, 1.807) is 0 Å². The SMILES string of the molecule is CCc1cnccc1CNC1=NCCCN1. The van der Waals surface area contributed by atoms with Crippen molar-refractivity contribution in [1.82, 2.24) is 15.6 Å². The lowest BCUT2D eigenvalue weighted by Crippen LogP contribution is -2.40. The molecule has 1 aliphatic heterocycles. The summed E-state index contributed by atoms with van der Waals surface area (Å²) < 4.78 is 0. The Bertz CT molecular complexity index is 373. The Morgan fingerprint density at radius 2 is 2.38 bits per heavy atom. The molecule has 2 rings (SSSR count). The van der Waals surface area contributed by atoms with Crippen LogP contribution >= 0.6 is 0 Å². The molecule has 2 heterocycles. The molecule has 0 spiro atoms. The summed E-state index contributed by atoms with van der Waals surface area (Å²) in [5.41, 5.74) is 2.60. The van der Waals surface area contributed by atoms with Gasteiger partial charge in [-0.3, -0.25) is 9.98 Å². The van der Waals surface area contributed by atoms with Crippen LogP contribution in [0.5, 0.6) is 0 Å². The van der Waals surface area contributed by atoms with Crippen LogP contribution in [0.25, 0.3) is 0 Å². The first-order chi connectivity index (χ1) is 7.90. The van der Waals surface area contributed by atoms with Crippen LogP contribution in [0, 0.1) is 0 Å². The fourth-order valence-corrected chi connectivity index (χ4v) is 1.78. The lowest BCUT2D eigenvalue weighted by molar-refractivity contribution is 0.700. The van der Waals surface area contributed by atoms with Gasteiger partial charge in [0.1, 0.15) is 0 Å². The summed E-state index contributed by atoms with van der Waals surface area (Å²) in [6.07, 6.45) is 5.92. The quantitative estimate of drug-likeness (QED) is 0.798. The van der Waals surface area contributed by atoms with Crippen LogP contribution in [0.15, 0.2) is 23.5 Å². The van der Waals surface area contributed by atoms with Crippen LogP contribution in [0.2, 0.25) is 0 Å². The van der Waals surface area contributed by atoms with Crippen molar-refractivity contribution >= 4 is 5.96 Å². The van der Waals surface area contributed by atoms with Crippen LogP contribution in [0.3, 0.4) is 0 Å². The average Bonchev–Trinajstić information content (AvgIpc) is 2.38. The molecule has 4 heteroatoms. The van der Waals surface area contributed by atoms with Gasteiger partial charge in [0.25, 0.3) is 0 Å². The summed E-state index contributed by atoms with van der Waals surface area (Å²) >= 11 is 0. The Balaban J connectivity index is 1.96. The van der Waals surface area contributed by atoms with Gasteiger partial charge in [-0.1, -0.05) is 6.92 Å². The molecule has 0 aromatic carbocycles. The van der Waals surface area contributed by atoms with Gasteiger partial charge in [0.15, 0.2) is 5.96 Å². The number of rotatable bonds is 3. The van der Waals surface area contributed by atoms with Gasteiger partial charge in [0.2, 0.25) is 0 Å². The van der Waals surface area contributed by atoms with Crippen LogP contribution in [-0.4, -0.2) is 24.0 Å². The molecule has 0 fully saturated rings. The molecule has 0 atom stereocenters. The Kier molecular flexibility index (Phi) is 3.75. The summed E-state index contributed by atoms with van der Waals surface area (Å²) in [6, 6.07) is 2.06. The number of nitrogens with zero attached hydrogens (tertiary/aromatic N) is 2. The van der Waals surface area contributed by atoms with Crippen LogP contribution in [0.1, 0.15) is 24.5 Å². The van der Waals surface area contributed by atoms with Crippen molar-refractivity contribution in [3.63, 3.8) is 0 Å². The highest BCUT2D eigenvalue weighted by Gasteiger charge is 2.04. The number of aromatic nitrogens is 1. The van der Waals surface area contributed by atoms with Crippen molar-refractivity contribution in [2.45, 2.75) is 26.3 Å². The van der Waals surface area contributed by atoms with E-state index in [-0.39, 0.29) is 0 Å². The molecule has 1 aliphatic rings. The number of aryl methyl sites for hydroxylation is 1. The Labute approximate surface area is 96.2 Å². The third-order valence-electron chi connectivity index (χ3n) is 2.73. The molecule has 0 saturated heterocycles. The first-order valence-electron chi connectivity index (χ1n) is 5.84. The Morgan fingerprint density at radius 3 is 3.12 bits per heavy atom. The minimum atomic E-state index is 0.817. The molecule has 16 heavy (non-hydrogen) atoms. The van der Waals surface area contributed by atoms with E-state index in [0.29, 0.717) is 0 Å². The van der Waals surface area contributed by atoms with E-state index in [9.17, 15) is 0 Å². The third kappa shape index (κ3) is 2.72. The van der Waals surface area contributed by atoms with Crippen molar-refractivity contribution < 1.29 is 0 Å². The molecular formula is C12H18N4. The van der Waals surface area contributed by atoms with Crippen molar-refractivity contribution in [3.8, 4) is 0 Å². The van der Waals surface area contributed by atoms with Crippen molar-refractivity contribution in [3.05, 3.63) is 29.6 Å². The van der Waals surface area contributed by atoms with Gasteiger partial charge in [-0.05, 0) is 30.0 Å². The molecule has 0 bridgehead atoms. The standard InChI is InChI=1S/C12H18N4/c1-2-10-8-13-7-4-11(10)9-16-12-14-5-3-6-15-12/h4,7-8H,2-3,5-6,9H2,1H3,(H2,14,15,16). The maximum absolute atomic E-state index is 4.38. The minimum Gasteiger partial charge on any atom is -0.356 e. The normalized spacial score (nSPS) is 15.2. The van der Waals surface area contributed by atoms with E-state index in [2.05, 4.69) is 33.6 Å². The van der Waals surface area contributed by atoms with Gasteiger partial charge in [-0.15, -0.1) is 0 Å². The number of hydrogen-bond donors (Lipinski definition) is 2. The fraction of sp³-hybridized carbons (Fsp3) is 0.500. The van der Waals surface area contributed by atoms with Gasteiger partial charge in [-0.25, -0.2) is 0 Å². The van der Waals surface area contributed by atoms with E-state index >= 15 is 0 Å². The van der Waals surface area contributed by atoms with E-state index in [1.807, 2.05) is 12.4 Å². The number of guanidine groups is 1. The zero-order chi connectivity index (χ0) is 11.2. The molecule has 1 aromatic rings. The second-order valence-corrected chi connectivity index (χ2v) is 3.86. The van der Waals surface area contributed by atoms with E-state index in [1.165, 1.54) is 11.1 Å². The smallest absolute Gasteiger partial charge is 0.191 e. The summed E-state index contributed by atoms with van der Waals surface area (Å²) in [6.45, 7) is 4.91. The zero-order valence-electron chi connectivity index (χ0n) is 9.66. The fourth-order valence-electron chi connectivity index (χ4n) is 1.78. The summed E-state index contributed by atoms with van der Waals surface area (Å²) in [5.74, 6) is 0.921. The molecule has 0 saturated carbocycles. The lowest BCUT2D eigenvalue weighted by atomic mass is 10.1. The first kappa shape index (κ1) is 10.9. The monoisotopic (exact) mass is 218 g/mol. The van der Waals surface area contributed by atoms with Gasteiger partial charge < -0.3 is 10.6 Å². The lowest BCUT2D eigenvalue weighted by Gasteiger charge is -2.16. The Morgan fingerprint density at radius 1 is 1.44 bits per heavy atom. The van der Waals surface area contributed by atoms with Crippen LogP contribution in [-0.2, 0) is 13.0 Å².